The molecule has 3 rings (SSSR count). The molecule has 0 aliphatic carbocycles. The number of carbonyl (C=O) groups is 2. The van der Waals surface area contributed by atoms with Crippen LogP contribution < -0.4 is 14.2 Å². The Bertz CT molecular complexity index is 906. The van der Waals surface area contributed by atoms with Gasteiger partial charge in [-0.05, 0) is 29.8 Å². The van der Waals surface area contributed by atoms with E-state index in [0.717, 1.165) is 5.56 Å². The quantitative estimate of drug-likeness (QED) is 0.674. The molecule has 1 heterocycles. The minimum atomic E-state index is -0.424. The third-order valence-corrected chi connectivity index (χ3v) is 5.44. The molecule has 6 nitrogen and oxygen atoms in total. The van der Waals surface area contributed by atoms with Gasteiger partial charge in [0.15, 0.2) is 11.5 Å². The molecule has 0 N–H and O–H groups in total. The second-order valence-corrected chi connectivity index (χ2v) is 7.11. The van der Waals surface area contributed by atoms with E-state index >= 15 is 0 Å². The summed E-state index contributed by atoms with van der Waals surface area (Å²) in [5.41, 5.74) is 1.14. The summed E-state index contributed by atoms with van der Waals surface area (Å²) in [4.78, 5) is 26.7. The van der Waals surface area contributed by atoms with E-state index in [9.17, 15) is 9.59 Å². The molecule has 2 amide bonds. The van der Waals surface area contributed by atoms with Gasteiger partial charge in [-0.1, -0.05) is 29.3 Å². The van der Waals surface area contributed by atoms with Gasteiger partial charge >= 0.3 is 0 Å². The van der Waals surface area contributed by atoms with E-state index in [2.05, 4.69) is 0 Å². The van der Waals surface area contributed by atoms with Crippen LogP contribution in [0.5, 0.6) is 17.2 Å². The number of carbonyl (C=O) groups excluding carboxylic acids is 2. The number of hydrogen-bond acceptors (Lipinski definition) is 5. The van der Waals surface area contributed by atoms with Crippen molar-refractivity contribution in [3.63, 3.8) is 0 Å². The lowest BCUT2D eigenvalue weighted by atomic mass is 9.98. The molecule has 0 aromatic heterocycles. The van der Waals surface area contributed by atoms with Crippen LogP contribution in [0.4, 0.5) is 0 Å². The van der Waals surface area contributed by atoms with Gasteiger partial charge in [-0.3, -0.25) is 14.5 Å². The number of methoxy groups -OCH3 is 3. The molecular weight excluding hydrogens is 405 g/mol. The number of amides is 2. The Morgan fingerprint density at radius 3 is 2.18 bits per heavy atom. The van der Waals surface area contributed by atoms with E-state index in [0.29, 0.717) is 27.3 Å². The Balaban J connectivity index is 1.88. The lowest BCUT2D eigenvalue weighted by Crippen LogP contribution is -2.32. The largest absolute Gasteiger partial charge is 0.493 e. The number of benzene rings is 2. The number of likely N-dealkylation sites (tertiary alicyclic amines) is 1. The molecule has 8 heteroatoms. The van der Waals surface area contributed by atoms with Crippen LogP contribution in [0.2, 0.25) is 10.0 Å². The van der Waals surface area contributed by atoms with Crippen molar-refractivity contribution in [3.8, 4) is 17.2 Å². The summed E-state index contributed by atoms with van der Waals surface area (Å²) >= 11 is 12.0. The lowest BCUT2D eigenvalue weighted by Gasteiger charge is -2.18. The van der Waals surface area contributed by atoms with Crippen molar-refractivity contribution in [2.24, 2.45) is 0 Å². The first-order chi connectivity index (χ1) is 13.4. The molecule has 0 spiro atoms. The first-order valence-corrected chi connectivity index (χ1v) is 9.24. The third kappa shape index (κ3) is 3.75. The minimum absolute atomic E-state index is 0.145. The molecule has 28 heavy (non-hydrogen) atoms. The molecular formula is C20H19Cl2NO5. The fourth-order valence-corrected chi connectivity index (χ4v) is 3.56. The first kappa shape index (κ1) is 20.3. The van der Waals surface area contributed by atoms with Gasteiger partial charge in [-0.15, -0.1) is 0 Å². The van der Waals surface area contributed by atoms with Gasteiger partial charge in [-0.2, -0.15) is 0 Å². The molecule has 1 aliphatic heterocycles. The van der Waals surface area contributed by atoms with E-state index in [-0.39, 0.29) is 30.4 Å². The van der Waals surface area contributed by atoms with Crippen LogP contribution in [0.3, 0.4) is 0 Å². The molecule has 1 aliphatic rings. The van der Waals surface area contributed by atoms with Crippen molar-refractivity contribution < 1.29 is 23.8 Å². The smallest absolute Gasteiger partial charge is 0.260 e. The summed E-state index contributed by atoms with van der Waals surface area (Å²) in [5, 5.41) is 0.862. The van der Waals surface area contributed by atoms with E-state index in [1.54, 1.807) is 12.1 Å². The van der Waals surface area contributed by atoms with E-state index in [1.807, 2.05) is 6.07 Å². The molecule has 0 saturated carbocycles. The highest BCUT2D eigenvalue weighted by molar-refractivity contribution is 6.42. The summed E-state index contributed by atoms with van der Waals surface area (Å²) in [5.74, 6) is 0.244. The average molecular weight is 424 g/mol. The number of halogens is 2. The van der Waals surface area contributed by atoms with Crippen LogP contribution in [0, 0.1) is 0 Å². The van der Waals surface area contributed by atoms with Gasteiger partial charge in [0.2, 0.25) is 11.7 Å². The van der Waals surface area contributed by atoms with Crippen molar-refractivity contribution >= 4 is 35.0 Å². The predicted octanol–water partition coefficient (Wildman–Crippen LogP) is 4.18. The highest BCUT2D eigenvalue weighted by Gasteiger charge is 2.36. The Morgan fingerprint density at radius 2 is 1.64 bits per heavy atom. The van der Waals surface area contributed by atoms with Gasteiger partial charge < -0.3 is 14.2 Å². The Hall–Kier alpha value is -2.44. The topological polar surface area (TPSA) is 65.1 Å². The fourth-order valence-electron chi connectivity index (χ4n) is 3.25. The maximum atomic E-state index is 13.0. The Morgan fingerprint density at radius 1 is 1.00 bits per heavy atom. The van der Waals surface area contributed by atoms with Gasteiger partial charge in [0.05, 0.1) is 31.4 Å². The highest BCUT2D eigenvalue weighted by Crippen LogP contribution is 2.39. The number of ether oxygens (including phenoxy) is 3. The molecule has 148 valence electrons. The van der Waals surface area contributed by atoms with E-state index < -0.39 is 5.91 Å². The van der Waals surface area contributed by atoms with Gasteiger partial charge in [0, 0.05) is 24.4 Å². The van der Waals surface area contributed by atoms with Crippen molar-refractivity contribution in [2.45, 2.75) is 12.3 Å². The summed E-state index contributed by atoms with van der Waals surface area (Å²) < 4.78 is 15.8. The first-order valence-electron chi connectivity index (χ1n) is 8.49. The second-order valence-electron chi connectivity index (χ2n) is 6.30. The van der Waals surface area contributed by atoms with Crippen LogP contribution in [-0.2, 0) is 4.79 Å². The number of imide groups is 1. The van der Waals surface area contributed by atoms with E-state index in [4.69, 9.17) is 37.4 Å². The second kappa shape index (κ2) is 8.29. The molecule has 1 fully saturated rings. The molecule has 2 aromatic rings. The van der Waals surface area contributed by atoms with Crippen molar-refractivity contribution in [1.29, 1.82) is 0 Å². The van der Waals surface area contributed by atoms with E-state index in [1.165, 1.54) is 38.4 Å². The van der Waals surface area contributed by atoms with Crippen LogP contribution in [0.1, 0.15) is 28.3 Å². The maximum absolute atomic E-state index is 13.0. The minimum Gasteiger partial charge on any atom is -0.493 e. The third-order valence-electron chi connectivity index (χ3n) is 4.70. The Labute approximate surface area is 172 Å². The zero-order valence-corrected chi connectivity index (χ0v) is 17.1. The Kier molecular flexibility index (Phi) is 6.01. The molecule has 2 aromatic carbocycles. The number of hydrogen-bond donors (Lipinski definition) is 0. The lowest BCUT2D eigenvalue weighted by molar-refractivity contribution is -0.125. The van der Waals surface area contributed by atoms with Gasteiger partial charge in [0.1, 0.15) is 0 Å². The van der Waals surface area contributed by atoms with Crippen LogP contribution >= 0.6 is 23.2 Å². The van der Waals surface area contributed by atoms with Crippen molar-refractivity contribution in [2.75, 3.05) is 27.9 Å². The average Bonchev–Trinajstić information content (AvgIpc) is 3.09. The standard InChI is InChI=1S/C20H19Cl2NO5/c1-26-16-7-12(8-17(27-2)19(16)28-3)20(25)23-10-13(9-18(23)24)11-4-5-14(21)15(22)6-11/h4-8,13H,9-10H2,1-3H3. The summed E-state index contributed by atoms with van der Waals surface area (Å²) in [7, 11) is 4.41. The summed E-state index contributed by atoms with van der Waals surface area (Å²) in [6.07, 6.45) is 0.216. The number of nitrogens with zero attached hydrogens (tertiary/aromatic N) is 1. The fraction of sp³-hybridized carbons (Fsp3) is 0.300. The van der Waals surface area contributed by atoms with Crippen LogP contribution in [-0.4, -0.2) is 44.6 Å². The van der Waals surface area contributed by atoms with Crippen LogP contribution in [0.15, 0.2) is 30.3 Å². The van der Waals surface area contributed by atoms with Gasteiger partial charge in [0.25, 0.3) is 5.91 Å². The zero-order valence-electron chi connectivity index (χ0n) is 15.6. The number of rotatable bonds is 5. The predicted molar refractivity (Wildman–Crippen MR) is 106 cm³/mol. The van der Waals surface area contributed by atoms with Gasteiger partial charge in [-0.25, -0.2) is 0 Å². The molecule has 1 atom stereocenters. The molecule has 1 saturated heterocycles. The highest BCUT2D eigenvalue weighted by atomic mass is 35.5. The zero-order chi connectivity index (χ0) is 20.4. The maximum Gasteiger partial charge on any atom is 0.260 e. The molecule has 1 unspecified atom stereocenters. The summed E-state index contributed by atoms with van der Waals surface area (Å²) in [6.45, 7) is 0.256. The summed E-state index contributed by atoms with van der Waals surface area (Å²) in [6, 6.07) is 8.30. The van der Waals surface area contributed by atoms with Crippen LogP contribution in [0.25, 0.3) is 0 Å². The molecule has 0 radical (unpaired) electrons. The van der Waals surface area contributed by atoms with Crippen molar-refractivity contribution in [1.82, 2.24) is 4.90 Å². The molecule has 0 bridgehead atoms. The SMILES string of the molecule is COc1cc(C(=O)N2CC(c3ccc(Cl)c(Cl)c3)CC2=O)cc(OC)c1OC. The normalized spacial score (nSPS) is 16.2. The van der Waals surface area contributed by atoms with Crippen molar-refractivity contribution in [3.05, 3.63) is 51.5 Å². The monoisotopic (exact) mass is 423 g/mol.